The maximum Gasteiger partial charge on any atom is 0.326 e. The molecule has 0 aliphatic heterocycles. The SMILES string of the molecule is O=C(N[C@@H](Cc1ccc(F)cc1)C(=O)N[C@@H](Cc1ccccc1)C(=O)O)c1ccc(F)cc1. The van der Waals surface area contributed by atoms with E-state index < -0.39 is 41.5 Å². The smallest absolute Gasteiger partial charge is 0.326 e. The van der Waals surface area contributed by atoms with Gasteiger partial charge in [0.25, 0.3) is 5.91 Å². The molecule has 0 heterocycles. The fourth-order valence-electron chi connectivity index (χ4n) is 3.23. The lowest BCUT2D eigenvalue weighted by Crippen LogP contribution is -2.53. The highest BCUT2D eigenvalue weighted by Gasteiger charge is 2.27. The number of carbonyl (C=O) groups is 3. The first kappa shape index (κ1) is 23.6. The van der Waals surface area contributed by atoms with Crippen LogP contribution in [0.1, 0.15) is 21.5 Å². The number of nitrogens with one attached hydrogen (secondary N) is 2. The molecule has 0 spiro atoms. The van der Waals surface area contributed by atoms with Crippen LogP contribution in [0.5, 0.6) is 0 Å². The van der Waals surface area contributed by atoms with E-state index in [1.807, 2.05) is 0 Å². The Labute approximate surface area is 189 Å². The summed E-state index contributed by atoms with van der Waals surface area (Å²) >= 11 is 0. The molecule has 3 aromatic rings. The lowest BCUT2D eigenvalue weighted by atomic mass is 10.0. The monoisotopic (exact) mass is 452 g/mol. The predicted octanol–water partition coefficient (Wildman–Crippen LogP) is 3.12. The van der Waals surface area contributed by atoms with Gasteiger partial charge in [-0.25, -0.2) is 13.6 Å². The van der Waals surface area contributed by atoms with Crippen molar-refractivity contribution in [2.75, 3.05) is 0 Å². The van der Waals surface area contributed by atoms with Crippen molar-refractivity contribution in [1.29, 1.82) is 0 Å². The summed E-state index contributed by atoms with van der Waals surface area (Å²) in [5.74, 6) is -3.54. The number of amides is 2. The molecule has 0 bridgehead atoms. The molecule has 33 heavy (non-hydrogen) atoms. The average Bonchev–Trinajstić information content (AvgIpc) is 2.80. The third-order valence-electron chi connectivity index (χ3n) is 4.98. The highest BCUT2D eigenvalue weighted by molar-refractivity contribution is 5.98. The van der Waals surface area contributed by atoms with E-state index in [0.717, 1.165) is 17.7 Å². The molecule has 8 heteroatoms. The normalized spacial score (nSPS) is 12.4. The molecular weight excluding hydrogens is 430 g/mol. The van der Waals surface area contributed by atoms with Crippen LogP contribution in [-0.2, 0) is 22.4 Å². The number of carboxylic acid groups (broad SMARTS) is 1. The molecule has 0 unspecified atom stereocenters. The maximum absolute atomic E-state index is 13.3. The van der Waals surface area contributed by atoms with Crippen molar-refractivity contribution in [3.63, 3.8) is 0 Å². The highest BCUT2D eigenvalue weighted by Crippen LogP contribution is 2.10. The number of halogens is 2. The van der Waals surface area contributed by atoms with Crippen LogP contribution in [-0.4, -0.2) is 35.0 Å². The molecule has 0 aromatic heterocycles. The van der Waals surface area contributed by atoms with Crippen LogP contribution in [0.15, 0.2) is 78.9 Å². The number of rotatable bonds is 9. The van der Waals surface area contributed by atoms with Gasteiger partial charge in [-0.2, -0.15) is 0 Å². The van der Waals surface area contributed by atoms with E-state index in [4.69, 9.17) is 0 Å². The summed E-state index contributed by atoms with van der Waals surface area (Å²) in [7, 11) is 0. The summed E-state index contributed by atoms with van der Waals surface area (Å²) in [6.07, 6.45) is 0.0494. The standard InChI is InChI=1S/C25H22F2N2O4/c26-19-10-6-17(7-11-19)14-21(28-23(30)18-8-12-20(27)13-9-18)24(31)29-22(25(32)33)15-16-4-2-1-3-5-16/h1-13,21-22H,14-15H2,(H,28,30)(H,29,31)(H,32,33)/t21-,22-/m0/s1. The Bertz CT molecular complexity index is 1100. The van der Waals surface area contributed by atoms with Crippen LogP contribution in [0.3, 0.4) is 0 Å². The first-order chi connectivity index (χ1) is 15.8. The molecule has 0 saturated carbocycles. The Hall–Kier alpha value is -4.07. The van der Waals surface area contributed by atoms with Crippen molar-refractivity contribution >= 4 is 17.8 Å². The molecule has 2 atom stereocenters. The number of carboxylic acids is 1. The number of carbonyl (C=O) groups excluding carboxylic acids is 2. The molecule has 0 aliphatic rings. The van der Waals surface area contributed by atoms with Gasteiger partial charge in [0.15, 0.2) is 0 Å². The van der Waals surface area contributed by atoms with Crippen molar-refractivity contribution in [1.82, 2.24) is 10.6 Å². The van der Waals surface area contributed by atoms with Crippen LogP contribution >= 0.6 is 0 Å². The average molecular weight is 452 g/mol. The van der Waals surface area contributed by atoms with Crippen molar-refractivity contribution < 1.29 is 28.3 Å². The number of hydrogen-bond donors (Lipinski definition) is 3. The number of benzene rings is 3. The van der Waals surface area contributed by atoms with E-state index in [2.05, 4.69) is 10.6 Å². The van der Waals surface area contributed by atoms with Gasteiger partial charge in [-0.3, -0.25) is 9.59 Å². The van der Waals surface area contributed by atoms with E-state index >= 15 is 0 Å². The molecule has 0 fully saturated rings. The first-order valence-corrected chi connectivity index (χ1v) is 10.2. The summed E-state index contributed by atoms with van der Waals surface area (Å²) in [4.78, 5) is 37.4. The zero-order chi connectivity index (χ0) is 23.8. The Morgan fingerprint density at radius 3 is 1.79 bits per heavy atom. The van der Waals surface area contributed by atoms with Gasteiger partial charge in [-0.1, -0.05) is 42.5 Å². The summed E-state index contributed by atoms with van der Waals surface area (Å²) in [5, 5.41) is 14.6. The summed E-state index contributed by atoms with van der Waals surface area (Å²) < 4.78 is 26.4. The van der Waals surface area contributed by atoms with Gasteiger partial charge in [-0.15, -0.1) is 0 Å². The van der Waals surface area contributed by atoms with E-state index in [1.54, 1.807) is 30.3 Å². The Morgan fingerprint density at radius 1 is 0.697 bits per heavy atom. The minimum Gasteiger partial charge on any atom is -0.480 e. The molecule has 6 nitrogen and oxygen atoms in total. The van der Waals surface area contributed by atoms with Crippen LogP contribution in [0.2, 0.25) is 0 Å². The van der Waals surface area contributed by atoms with Gasteiger partial charge in [0, 0.05) is 18.4 Å². The summed E-state index contributed by atoms with van der Waals surface area (Å²) in [6, 6.07) is 16.6. The van der Waals surface area contributed by atoms with Crippen molar-refractivity contribution in [2.45, 2.75) is 24.9 Å². The lowest BCUT2D eigenvalue weighted by Gasteiger charge is -2.22. The molecule has 3 rings (SSSR count). The molecule has 0 aliphatic carbocycles. The Morgan fingerprint density at radius 2 is 1.21 bits per heavy atom. The predicted molar refractivity (Wildman–Crippen MR) is 117 cm³/mol. The topological polar surface area (TPSA) is 95.5 Å². The Balaban J connectivity index is 1.79. The maximum atomic E-state index is 13.3. The third-order valence-corrected chi connectivity index (χ3v) is 4.98. The zero-order valence-corrected chi connectivity index (χ0v) is 17.5. The van der Waals surface area contributed by atoms with Gasteiger partial charge in [0.05, 0.1) is 0 Å². The second-order valence-corrected chi connectivity index (χ2v) is 7.45. The van der Waals surface area contributed by atoms with E-state index in [9.17, 15) is 28.3 Å². The largest absolute Gasteiger partial charge is 0.480 e. The fourth-order valence-corrected chi connectivity index (χ4v) is 3.23. The molecular formula is C25H22F2N2O4. The van der Waals surface area contributed by atoms with E-state index in [0.29, 0.717) is 5.56 Å². The second kappa shape index (κ2) is 11.0. The highest BCUT2D eigenvalue weighted by atomic mass is 19.1. The lowest BCUT2D eigenvalue weighted by molar-refractivity contribution is -0.142. The van der Waals surface area contributed by atoms with Crippen molar-refractivity contribution in [2.24, 2.45) is 0 Å². The van der Waals surface area contributed by atoms with Gasteiger partial charge in [0.1, 0.15) is 23.7 Å². The first-order valence-electron chi connectivity index (χ1n) is 10.2. The van der Waals surface area contributed by atoms with Crippen molar-refractivity contribution in [3.05, 3.63) is 107 Å². The van der Waals surface area contributed by atoms with Crippen molar-refractivity contribution in [3.8, 4) is 0 Å². The number of hydrogen-bond acceptors (Lipinski definition) is 3. The van der Waals surface area contributed by atoms with Gasteiger partial charge >= 0.3 is 5.97 Å². The Kier molecular flexibility index (Phi) is 7.86. The zero-order valence-electron chi connectivity index (χ0n) is 17.5. The summed E-state index contributed by atoms with van der Waals surface area (Å²) in [6.45, 7) is 0. The second-order valence-electron chi connectivity index (χ2n) is 7.45. The summed E-state index contributed by atoms with van der Waals surface area (Å²) in [5.41, 5.74) is 1.41. The molecule has 170 valence electrons. The quantitative estimate of drug-likeness (QED) is 0.465. The van der Waals surface area contributed by atoms with Crippen LogP contribution in [0, 0.1) is 11.6 Å². The minimum absolute atomic E-state index is 0.00325. The molecule has 3 aromatic carbocycles. The number of aliphatic carboxylic acids is 1. The fraction of sp³-hybridized carbons (Fsp3) is 0.160. The third kappa shape index (κ3) is 6.96. The van der Waals surface area contributed by atoms with Crippen LogP contribution < -0.4 is 10.6 Å². The minimum atomic E-state index is -1.22. The van der Waals surface area contributed by atoms with E-state index in [1.165, 1.54) is 36.4 Å². The molecule has 0 saturated heterocycles. The van der Waals surface area contributed by atoms with Crippen LogP contribution in [0.25, 0.3) is 0 Å². The van der Waals surface area contributed by atoms with E-state index in [-0.39, 0.29) is 18.4 Å². The molecule has 3 N–H and O–H groups in total. The van der Waals surface area contributed by atoms with Gasteiger partial charge in [0.2, 0.25) is 5.91 Å². The van der Waals surface area contributed by atoms with Gasteiger partial charge in [-0.05, 0) is 47.5 Å². The van der Waals surface area contributed by atoms with Gasteiger partial charge < -0.3 is 15.7 Å². The molecule has 0 radical (unpaired) electrons. The molecule has 2 amide bonds. The van der Waals surface area contributed by atoms with Crippen LogP contribution in [0.4, 0.5) is 8.78 Å².